The number of anilines is 1. The minimum absolute atomic E-state index is 0.260. The third-order valence-electron chi connectivity index (χ3n) is 4.12. The fourth-order valence-electron chi connectivity index (χ4n) is 2.89. The van der Waals surface area contributed by atoms with E-state index >= 15 is 0 Å². The van der Waals surface area contributed by atoms with Crippen LogP contribution in [0.4, 0.5) is 5.82 Å². The molecule has 0 amide bonds. The molecule has 5 nitrogen and oxygen atoms in total. The number of amidine groups is 1. The monoisotopic (exact) mass is 349 g/mol. The maximum absolute atomic E-state index is 6.40. The van der Waals surface area contributed by atoms with Gasteiger partial charge in [0.2, 0.25) is 0 Å². The van der Waals surface area contributed by atoms with E-state index in [1.54, 1.807) is 13.2 Å². The largest absolute Gasteiger partial charge is 0.383 e. The van der Waals surface area contributed by atoms with Gasteiger partial charge in [-0.1, -0.05) is 39.0 Å². The molecule has 0 spiro atoms. The molecule has 0 aromatic carbocycles. The van der Waals surface area contributed by atoms with Crippen molar-refractivity contribution >= 4 is 23.3 Å². The lowest BCUT2D eigenvalue weighted by atomic mass is 9.90. The SMILES string of the molecule is C=C(CC(C)(C)C)N1CCN(c2ncc(/C(N)=N/C)cc2Cl)CC1. The number of pyridine rings is 1. The number of hydrogen-bond acceptors (Lipinski definition) is 4. The van der Waals surface area contributed by atoms with Crippen molar-refractivity contribution in [2.75, 3.05) is 38.1 Å². The standard InChI is InChI=1S/C18H28ClN5/c1-13(11-18(2,3)4)23-6-8-24(9-7-23)17-15(19)10-14(12-22-17)16(20)21-5/h10,12H,1,6-9,11H2,2-5H3,(H2,20,21). The lowest BCUT2D eigenvalue weighted by molar-refractivity contribution is 0.276. The fraction of sp³-hybridized carbons (Fsp3) is 0.556. The molecule has 2 heterocycles. The second kappa shape index (κ2) is 7.43. The van der Waals surface area contributed by atoms with Crippen LogP contribution in [0.15, 0.2) is 29.5 Å². The molecule has 1 aromatic heterocycles. The van der Waals surface area contributed by atoms with Crippen molar-refractivity contribution in [2.45, 2.75) is 27.2 Å². The Kier molecular flexibility index (Phi) is 5.75. The summed E-state index contributed by atoms with van der Waals surface area (Å²) in [4.78, 5) is 13.0. The average Bonchev–Trinajstić information content (AvgIpc) is 2.52. The van der Waals surface area contributed by atoms with Crippen LogP contribution in [0.1, 0.15) is 32.8 Å². The van der Waals surface area contributed by atoms with E-state index < -0.39 is 0 Å². The Balaban J connectivity index is 2.01. The number of nitrogens with zero attached hydrogens (tertiary/aromatic N) is 4. The highest BCUT2D eigenvalue weighted by atomic mass is 35.5. The molecule has 2 N–H and O–H groups in total. The number of aromatic nitrogens is 1. The molecule has 2 rings (SSSR count). The van der Waals surface area contributed by atoms with Crippen LogP contribution in [0.2, 0.25) is 5.02 Å². The topological polar surface area (TPSA) is 57.8 Å². The quantitative estimate of drug-likeness (QED) is 0.670. The van der Waals surface area contributed by atoms with Crippen molar-refractivity contribution in [1.82, 2.24) is 9.88 Å². The summed E-state index contributed by atoms with van der Waals surface area (Å²) in [6, 6.07) is 1.83. The summed E-state index contributed by atoms with van der Waals surface area (Å²) in [5, 5.41) is 0.612. The highest BCUT2D eigenvalue weighted by Gasteiger charge is 2.23. The van der Waals surface area contributed by atoms with Gasteiger partial charge in [0.1, 0.15) is 11.7 Å². The minimum Gasteiger partial charge on any atom is -0.383 e. The summed E-state index contributed by atoms with van der Waals surface area (Å²) in [7, 11) is 1.65. The molecule has 0 atom stereocenters. The van der Waals surface area contributed by atoms with Gasteiger partial charge in [0.15, 0.2) is 0 Å². The first-order chi connectivity index (χ1) is 11.2. The van der Waals surface area contributed by atoms with Gasteiger partial charge in [0.25, 0.3) is 0 Å². The van der Waals surface area contributed by atoms with Crippen molar-refractivity contribution in [2.24, 2.45) is 16.1 Å². The molecule has 6 heteroatoms. The van der Waals surface area contributed by atoms with E-state index in [-0.39, 0.29) is 5.41 Å². The number of hydrogen-bond donors (Lipinski definition) is 1. The molecular weight excluding hydrogens is 322 g/mol. The van der Waals surface area contributed by atoms with Gasteiger partial charge in [-0.05, 0) is 17.9 Å². The van der Waals surface area contributed by atoms with Gasteiger partial charge in [-0.15, -0.1) is 0 Å². The predicted molar refractivity (Wildman–Crippen MR) is 103 cm³/mol. The molecule has 1 saturated heterocycles. The number of aliphatic imine (C=N–C) groups is 1. The summed E-state index contributed by atoms with van der Waals surface area (Å²) < 4.78 is 0. The average molecular weight is 350 g/mol. The van der Waals surface area contributed by atoms with Crippen LogP contribution < -0.4 is 10.6 Å². The maximum atomic E-state index is 6.40. The summed E-state index contributed by atoms with van der Waals surface area (Å²) in [5.74, 6) is 1.25. The molecule has 0 bridgehead atoms. The summed E-state index contributed by atoms with van der Waals surface area (Å²) in [6.45, 7) is 14.6. The lowest BCUT2D eigenvalue weighted by Crippen LogP contribution is -2.46. The van der Waals surface area contributed by atoms with E-state index in [4.69, 9.17) is 17.3 Å². The first-order valence-corrected chi connectivity index (χ1v) is 8.65. The third-order valence-corrected chi connectivity index (χ3v) is 4.40. The summed E-state index contributed by atoms with van der Waals surface area (Å²) >= 11 is 6.40. The highest BCUT2D eigenvalue weighted by Crippen LogP contribution is 2.28. The molecular formula is C18H28ClN5. The van der Waals surface area contributed by atoms with Gasteiger partial charge >= 0.3 is 0 Å². The van der Waals surface area contributed by atoms with Crippen LogP contribution in [0.3, 0.4) is 0 Å². The summed E-state index contributed by atoms with van der Waals surface area (Å²) in [6.07, 6.45) is 2.74. The van der Waals surface area contributed by atoms with Crippen molar-refractivity contribution in [1.29, 1.82) is 0 Å². The van der Waals surface area contributed by atoms with Crippen molar-refractivity contribution in [3.05, 3.63) is 35.1 Å². The molecule has 132 valence electrons. The normalized spacial score (nSPS) is 16.5. The Hall–Kier alpha value is -1.75. The van der Waals surface area contributed by atoms with E-state index in [2.05, 4.69) is 47.1 Å². The van der Waals surface area contributed by atoms with Gasteiger partial charge < -0.3 is 15.5 Å². The maximum Gasteiger partial charge on any atom is 0.147 e. The number of nitrogens with two attached hydrogens (primary N) is 1. The Morgan fingerprint density at radius 2 is 1.96 bits per heavy atom. The second-order valence-corrected chi connectivity index (χ2v) is 7.82. The molecule has 24 heavy (non-hydrogen) atoms. The minimum atomic E-state index is 0.260. The van der Waals surface area contributed by atoms with Gasteiger partial charge in [-0.3, -0.25) is 4.99 Å². The molecule has 0 aliphatic carbocycles. The molecule has 0 radical (unpaired) electrons. The zero-order valence-electron chi connectivity index (χ0n) is 15.1. The fourth-order valence-corrected chi connectivity index (χ4v) is 3.18. The van der Waals surface area contributed by atoms with Gasteiger partial charge in [-0.25, -0.2) is 4.98 Å². The van der Waals surface area contributed by atoms with Crippen LogP contribution in [-0.4, -0.2) is 48.9 Å². The van der Waals surface area contributed by atoms with Crippen LogP contribution in [0.5, 0.6) is 0 Å². The number of rotatable bonds is 4. The smallest absolute Gasteiger partial charge is 0.147 e. The zero-order chi connectivity index (χ0) is 17.9. The van der Waals surface area contributed by atoms with Crippen molar-refractivity contribution in [3.63, 3.8) is 0 Å². The number of allylic oxidation sites excluding steroid dienone is 1. The Bertz CT molecular complexity index is 625. The lowest BCUT2D eigenvalue weighted by Gasteiger charge is -2.39. The van der Waals surface area contributed by atoms with Gasteiger partial charge in [-0.2, -0.15) is 0 Å². The Morgan fingerprint density at radius 1 is 1.33 bits per heavy atom. The van der Waals surface area contributed by atoms with Crippen LogP contribution in [0.25, 0.3) is 0 Å². The third kappa shape index (κ3) is 4.63. The zero-order valence-corrected chi connectivity index (χ0v) is 15.9. The van der Waals surface area contributed by atoms with E-state index in [9.17, 15) is 0 Å². The summed E-state index contributed by atoms with van der Waals surface area (Å²) in [5.41, 5.74) is 8.04. The van der Waals surface area contributed by atoms with E-state index in [0.717, 1.165) is 44.0 Å². The predicted octanol–water partition coefficient (Wildman–Crippen LogP) is 3.14. The van der Waals surface area contributed by atoms with Gasteiger partial charge in [0.05, 0.1) is 5.02 Å². The van der Waals surface area contributed by atoms with E-state index in [1.165, 1.54) is 5.70 Å². The molecule has 0 unspecified atom stereocenters. The molecule has 0 saturated carbocycles. The van der Waals surface area contributed by atoms with Crippen molar-refractivity contribution < 1.29 is 0 Å². The molecule has 1 aromatic rings. The van der Waals surface area contributed by atoms with Crippen molar-refractivity contribution in [3.8, 4) is 0 Å². The number of piperazine rings is 1. The Labute approximate surface area is 150 Å². The molecule has 1 aliphatic heterocycles. The molecule has 1 fully saturated rings. The first kappa shape index (κ1) is 18.6. The van der Waals surface area contributed by atoms with Crippen LogP contribution >= 0.6 is 11.6 Å². The van der Waals surface area contributed by atoms with Crippen LogP contribution in [0, 0.1) is 5.41 Å². The number of halogens is 1. The Morgan fingerprint density at radius 3 is 2.46 bits per heavy atom. The highest BCUT2D eigenvalue weighted by molar-refractivity contribution is 6.33. The van der Waals surface area contributed by atoms with E-state index in [1.807, 2.05) is 6.07 Å². The second-order valence-electron chi connectivity index (χ2n) is 7.42. The van der Waals surface area contributed by atoms with Gasteiger partial charge in [0, 0.05) is 50.7 Å². The van der Waals surface area contributed by atoms with Crippen LogP contribution in [-0.2, 0) is 0 Å². The molecule has 1 aliphatic rings. The first-order valence-electron chi connectivity index (χ1n) is 8.27. The van der Waals surface area contributed by atoms with E-state index in [0.29, 0.717) is 10.9 Å².